The topological polar surface area (TPSA) is 62.6 Å². The number of benzene rings is 1. The second-order valence-electron chi connectivity index (χ2n) is 6.84. The summed E-state index contributed by atoms with van der Waals surface area (Å²) >= 11 is 0. The average molecular weight is 396 g/mol. The van der Waals surface area contributed by atoms with Gasteiger partial charge in [-0.25, -0.2) is 4.79 Å². The third-order valence-electron chi connectivity index (χ3n) is 4.96. The van der Waals surface area contributed by atoms with Crippen molar-refractivity contribution < 1.29 is 32.2 Å². The van der Waals surface area contributed by atoms with Gasteiger partial charge in [-0.3, -0.25) is 4.68 Å². The number of carbonyl (C=O) groups is 1. The fraction of sp³-hybridized carbons (Fsp3) is 0.474. The first-order valence-corrected chi connectivity index (χ1v) is 8.95. The Morgan fingerprint density at radius 1 is 1.29 bits per heavy atom. The largest absolute Gasteiger partial charge is 0.465 e. The number of carbonyl (C=O) groups excluding carboxylic acids is 1. The summed E-state index contributed by atoms with van der Waals surface area (Å²) in [4.78, 5) is 11.8. The number of methoxy groups -OCH3 is 1. The maximum Gasteiger partial charge on any atom is 0.417 e. The summed E-state index contributed by atoms with van der Waals surface area (Å²) in [6.07, 6.45) is -2.09. The van der Waals surface area contributed by atoms with Crippen molar-refractivity contribution in [2.45, 2.75) is 31.7 Å². The Bertz CT molecular complexity index is 901. The summed E-state index contributed by atoms with van der Waals surface area (Å²) in [7, 11) is 1.14. The molecule has 0 unspecified atom stereocenters. The first-order chi connectivity index (χ1) is 13.4. The maximum absolute atomic E-state index is 13.8. The summed E-state index contributed by atoms with van der Waals surface area (Å²) in [5.41, 5.74) is 0.575. The van der Waals surface area contributed by atoms with Crippen LogP contribution in [0.2, 0.25) is 0 Å². The molecule has 6 nitrogen and oxygen atoms in total. The zero-order valence-electron chi connectivity index (χ0n) is 15.2. The first-order valence-electron chi connectivity index (χ1n) is 8.95. The Balaban J connectivity index is 1.76. The smallest absolute Gasteiger partial charge is 0.417 e. The number of rotatable bonds is 3. The monoisotopic (exact) mass is 396 g/mol. The normalized spacial score (nSPS) is 19.1. The van der Waals surface area contributed by atoms with Gasteiger partial charge in [-0.2, -0.15) is 18.3 Å². The molecule has 28 heavy (non-hydrogen) atoms. The van der Waals surface area contributed by atoms with Crippen LogP contribution >= 0.6 is 0 Å². The molecule has 4 rings (SSSR count). The summed E-state index contributed by atoms with van der Waals surface area (Å²) in [5.74, 6) is -0.793. The Morgan fingerprint density at radius 3 is 2.75 bits per heavy atom. The first kappa shape index (κ1) is 18.9. The fourth-order valence-corrected chi connectivity index (χ4v) is 3.71. The molecule has 9 heteroatoms. The summed E-state index contributed by atoms with van der Waals surface area (Å²) in [6, 6.07) is 2.31. The number of alkyl halides is 3. The second kappa shape index (κ2) is 7.21. The molecule has 2 heterocycles. The van der Waals surface area contributed by atoms with Crippen LogP contribution < -0.4 is 0 Å². The minimum absolute atomic E-state index is 0.0426. The highest BCUT2D eigenvalue weighted by Gasteiger charge is 2.38. The van der Waals surface area contributed by atoms with E-state index in [1.165, 1.54) is 6.07 Å². The minimum Gasteiger partial charge on any atom is -0.465 e. The van der Waals surface area contributed by atoms with Gasteiger partial charge in [-0.1, -0.05) is 0 Å². The van der Waals surface area contributed by atoms with Gasteiger partial charge in [0.2, 0.25) is 0 Å². The van der Waals surface area contributed by atoms with Crippen molar-refractivity contribution in [2.75, 3.05) is 26.9 Å². The quantitative estimate of drug-likeness (QED) is 0.747. The van der Waals surface area contributed by atoms with Gasteiger partial charge in [0.1, 0.15) is 6.10 Å². The molecule has 0 bridgehead atoms. The lowest BCUT2D eigenvalue weighted by atomic mass is 9.85. The third kappa shape index (κ3) is 3.51. The van der Waals surface area contributed by atoms with E-state index in [1.54, 1.807) is 10.9 Å². The van der Waals surface area contributed by atoms with E-state index in [0.29, 0.717) is 50.5 Å². The molecule has 150 valence electrons. The second-order valence-corrected chi connectivity index (χ2v) is 6.84. The highest BCUT2D eigenvalue weighted by molar-refractivity contribution is 5.91. The number of fused-ring (bicyclic) bond motifs is 3. The molecule has 0 amide bonds. The van der Waals surface area contributed by atoms with Crippen molar-refractivity contribution in [1.29, 1.82) is 0 Å². The Morgan fingerprint density at radius 2 is 2.07 bits per heavy atom. The van der Waals surface area contributed by atoms with Crippen LogP contribution in [-0.4, -0.2) is 48.8 Å². The average Bonchev–Trinajstić information content (AvgIpc) is 3.09. The van der Waals surface area contributed by atoms with Crippen LogP contribution in [0.3, 0.4) is 0 Å². The molecule has 2 aliphatic rings. The molecule has 1 saturated heterocycles. The molecular weight excluding hydrogens is 377 g/mol. The van der Waals surface area contributed by atoms with Gasteiger partial charge in [-0.05, 0) is 36.1 Å². The lowest BCUT2D eigenvalue weighted by Gasteiger charge is -2.22. The van der Waals surface area contributed by atoms with Crippen molar-refractivity contribution in [1.82, 2.24) is 9.78 Å². The molecule has 1 atom stereocenters. The third-order valence-corrected chi connectivity index (χ3v) is 4.96. The predicted octanol–water partition coefficient (Wildman–Crippen LogP) is 2.87. The predicted molar refractivity (Wildman–Crippen MR) is 92.0 cm³/mol. The van der Waals surface area contributed by atoms with Crippen molar-refractivity contribution >= 4 is 5.97 Å². The fourth-order valence-electron chi connectivity index (χ4n) is 3.71. The molecule has 1 aromatic carbocycles. The lowest BCUT2D eigenvalue weighted by molar-refractivity contribution is -0.137. The number of halogens is 3. The number of aryl methyl sites for hydroxylation is 2. The lowest BCUT2D eigenvalue weighted by Crippen LogP contribution is -2.32. The van der Waals surface area contributed by atoms with E-state index in [0.717, 1.165) is 18.7 Å². The van der Waals surface area contributed by atoms with Crippen LogP contribution in [-0.2, 0) is 39.8 Å². The van der Waals surface area contributed by atoms with Crippen molar-refractivity contribution in [3.8, 4) is 11.3 Å². The van der Waals surface area contributed by atoms with E-state index < -0.39 is 17.7 Å². The van der Waals surface area contributed by atoms with Gasteiger partial charge in [0, 0.05) is 11.8 Å². The van der Waals surface area contributed by atoms with E-state index in [4.69, 9.17) is 9.47 Å². The summed E-state index contributed by atoms with van der Waals surface area (Å²) < 4.78 is 58.5. The Labute approximate surface area is 159 Å². The highest BCUT2D eigenvalue weighted by atomic mass is 19.4. The molecule has 0 radical (unpaired) electrons. The van der Waals surface area contributed by atoms with Crippen LogP contribution in [0.25, 0.3) is 11.3 Å². The molecule has 1 aromatic heterocycles. The van der Waals surface area contributed by atoms with Crippen LogP contribution in [0, 0.1) is 0 Å². The Hall–Kier alpha value is -2.39. The van der Waals surface area contributed by atoms with Crippen molar-refractivity contribution in [2.24, 2.45) is 0 Å². The molecule has 0 spiro atoms. The molecule has 0 saturated carbocycles. The van der Waals surface area contributed by atoms with E-state index in [2.05, 4.69) is 9.84 Å². The van der Waals surface area contributed by atoms with Crippen LogP contribution in [0.5, 0.6) is 0 Å². The van der Waals surface area contributed by atoms with Gasteiger partial charge in [0.05, 0.1) is 50.3 Å². The molecule has 0 N–H and O–H groups in total. The highest BCUT2D eigenvalue weighted by Crippen LogP contribution is 2.43. The van der Waals surface area contributed by atoms with E-state index >= 15 is 0 Å². The molecule has 2 aromatic rings. The van der Waals surface area contributed by atoms with Crippen LogP contribution in [0.1, 0.15) is 27.0 Å². The maximum atomic E-state index is 13.8. The Kier molecular flexibility index (Phi) is 4.88. The number of hydrogen-bond donors (Lipinski definition) is 0. The van der Waals surface area contributed by atoms with Gasteiger partial charge in [-0.15, -0.1) is 0 Å². The van der Waals surface area contributed by atoms with E-state index in [9.17, 15) is 18.0 Å². The number of ether oxygens (including phenoxy) is 3. The van der Waals surface area contributed by atoms with Gasteiger partial charge < -0.3 is 14.2 Å². The zero-order chi connectivity index (χ0) is 19.9. The van der Waals surface area contributed by atoms with E-state index in [1.807, 2.05) is 0 Å². The number of esters is 1. The van der Waals surface area contributed by atoms with E-state index in [-0.39, 0.29) is 17.2 Å². The van der Waals surface area contributed by atoms with Gasteiger partial charge in [0.15, 0.2) is 0 Å². The van der Waals surface area contributed by atoms with Gasteiger partial charge >= 0.3 is 12.1 Å². The molecule has 1 aliphatic carbocycles. The van der Waals surface area contributed by atoms with Crippen molar-refractivity contribution in [3.05, 3.63) is 40.6 Å². The summed E-state index contributed by atoms with van der Waals surface area (Å²) in [6.45, 7) is 1.86. The van der Waals surface area contributed by atoms with Crippen LogP contribution in [0.4, 0.5) is 13.2 Å². The van der Waals surface area contributed by atoms with Crippen molar-refractivity contribution in [3.63, 3.8) is 0 Å². The zero-order valence-corrected chi connectivity index (χ0v) is 15.2. The SMILES string of the molecule is COC(=O)c1cc2c(c(C(F)(F)F)c1)-c1nn(C[C@H]3COCCO3)cc1CC2. The number of hydrogen-bond acceptors (Lipinski definition) is 5. The number of nitrogens with zero attached hydrogens (tertiary/aromatic N) is 2. The van der Waals surface area contributed by atoms with Gasteiger partial charge in [0.25, 0.3) is 0 Å². The molecular formula is C19H19F3N2O4. The number of aromatic nitrogens is 2. The van der Waals surface area contributed by atoms with Crippen LogP contribution in [0.15, 0.2) is 18.3 Å². The standard InChI is InChI=1S/C19H19F3N2O4/c1-26-18(25)13-6-11-2-3-12-8-24(9-14-10-27-4-5-28-14)23-17(12)16(11)15(7-13)19(20,21)22/h6-8,14H,2-5,9-10H2,1H3/t14-/m0/s1. The summed E-state index contributed by atoms with van der Waals surface area (Å²) in [5, 5.41) is 4.42. The molecule has 1 aliphatic heterocycles. The molecule has 1 fully saturated rings. The minimum atomic E-state index is -4.62.